The van der Waals surface area contributed by atoms with E-state index in [0.29, 0.717) is 26.3 Å². The lowest BCUT2D eigenvalue weighted by Crippen LogP contribution is -2.47. The van der Waals surface area contributed by atoms with Gasteiger partial charge in [0.15, 0.2) is 5.79 Å². The predicted octanol–water partition coefficient (Wildman–Crippen LogP) is 2.33. The summed E-state index contributed by atoms with van der Waals surface area (Å²) in [7, 11) is 0. The van der Waals surface area contributed by atoms with Crippen molar-refractivity contribution in [2.45, 2.75) is 18.6 Å². The smallest absolute Gasteiger partial charge is 0.254 e. The highest BCUT2D eigenvalue weighted by Crippen LogP contribution is 2.32. The average molecular weight is 379 g/mol. The van der Waals surface area contributed by atoms with Crippen molar-refractivity contribution in [2.75, 3.05) is 26.3 Å². The van der Waals surface area contributed by atoms with E-state index in [9.17, 15) is 4.79 Å². The Morgan fingerprint density at radius 2 is 2.00 bits per heavy atom. The topological polar surface area (TPSA) is 38.8 Å². The number of hydrogen-bond acceptors (Lipinski definition) is 4. The molecule has 0 radical (unpaired) electrons. The molecule has 2 aliphatic rings. The zero-order valence-electron chi connectivity index (χ0n) is 9.86. The number of piperidine rings is 1. The molecule has 4 nitrogen and oxygen atoms in total. The Balaban J connectivity index is 1.64. The van der Waals surface area contributed by atoms with Crippen LogP contribution in [0.5, 0.6) is 0 Å². The number of carbonyl (C=O) groups excluding carboxylic acids is 1. The molecule has 3 rings (SSSR count). The lowest BCUT2D eigenvalue weighted by molar-refractivity contribution is -0.181. The minimum absolute atomic E-state index is 0.127. The van der Waals surface area contributed by atoms with Gasteiger partial charge in [0.2, 0.25) is 0 Å². The number of halogens is 1. The fraction of sp³-hybridized carbons (Fsp3) is 0.583. The molecule has 0 bridgehead atoms. The van der Waals surface area contributed by atoms with E-state index in [2.05, 4.69) is 22.6 Å². The molecule has 1 aromatic rings. The number of likely N-dealkylation sites (tertiary alicyclic amines) is 1. The molecule has 0 unspecified atom stereocenters. The molecule has 2 saturated heterocycles. The molecule has 1 amide bonds. The third kappa shape index (κ3) is 2.43. The van der Waals surface area contributed by atoms with Crippen molar-refractivity contribution < 1.29 is 14.3 Å². The van der Waals surface area contributed by atoms with Crippen LogP contribution in [-0.4, -0.2) is 42.9 Å². The summed E-state index contributed by atoms with van der Waals surface area (Å²) in [5, 5.41) is 1.93. The summed E-state index contributed by atoms with van der Waals surface area (Å²) in [5.74, 6) is -0.276. The first-order chi connectivity index (χ1) is 8.69. The number of amides is 1. The molecule has 3 heterocycles. The molecule has 0 aliphatic carbocycles. The second-order valence-electron chi connectivity index (χ2n) is 4.54. The van der Waals surface area contributed by atoms with Crippen LogP contribution in [0.4, 0.5) is 0 Å². The van der Waals surface area contributed by atoms with Crippen molar-refractivity contribution in [3.63, 3.8) is 0 Å². The molecule has 98 valence electrons. The Morgan fingerprint density at radius 1 is 1.33 bits per heavy atom. The van der Waals surface area contributed by atoms with E-state index in [1.165, 1.54) is 0 Å². The first-order valence-electron chi connectivity index (χ1n) is 6.00. The van der Waals surface area contributed by atoms with E-state index in [4.69, 9.17) is 9.47 Å². The highest BCUT2D eigenvalue weighted by Gasteiger charge is 2.40. The van der Waals surface area contributed by atoms with Crippen LogP contribution in [-0.2, 0) is 9.47 Å². The molecule has 2 fully saturated rings. The highest BCUT2D eigenvalue weighted by atomic mass is 127. The Morgan fingerprint density at radius 3 is 2.56 bits per heavy atom. The summed E-state index contributed by atoms with van der Waals surface area (Å²) in [4.78, 5) is 14.2. The molecule has 0 aromatic carbocycles. The van der Waals surface area contributed by atoms with Crippen LogP contribution < -0.4 is 0 Å². The summed E-state index contributed by atoms with van der Waals surface area (Å²) in [6.07, 6.45) is 1.56. The van der Waals surface area contributed by atoms with Crippen LogP contribution in [0, 0.1) is 2.88 Å². The van der Waals surface area contributed by atoms with Gasteiger partial charge in [-0.3, -0.25) is 4.79 Å². The maximum absolute atomic E-state index is 12.3. The zero-order valence-corrected chi connectivity index (χ0v) is 12.8. The first-order valence-corrected chi connectivity index (χ1v) is 7.96. The molecule has 18 heavy (non-hydrogen) atoms. The van der Waals surface area contributed by atoms with Gasteiger partial charge in [-0.2, -0.15) is 0 Å². The predicted molar refractivity (Wildman–Crippen MR) is 76.8 cm³/mol. The highest BCUT2D eigenvalue weighted by molar-refractivity contribution is 14.1. The SMILES string of the molecule is O=C(c1csc(I)c1)N1CCC2(CC1)OCCO2. The second kappa shape index (κ2) is 5.07. The molecule has 0 saturated carbocycles. The van der Waals surface area contributed by atoms with Crippen LogP contribution in [0.25, 0.3) is 0 Å². The van der Waals surface area contributed by atoms with Gasteiger partial charge in [0.1, 0.15) is 0 Å². The van der Waals surface area contributed by atoms with Gasteiger partial charge in [0, 0.05) is 31.3 Å². The number of thiophene rings is 1. The molecule has 6 heteroatoms. The molecule has 1 spiro atoms. The van der Waals surface area contributed by atoms with Crippen molar-refractivity contribution in [3.05, 3.63) is 19.9 Å². The normalized spacial score (nSPS) is 22.6. The van der Waals surface area contributed by atoms with Crippen LogP contribution in [0.3, 0.4) is 0 Å². The van der Waals surface area contributed by atoms with E-state index in [1.54, 1.807) is 11.3 Å². The minimum atomic E-state index is -0.403. The molecule has 0 N–H and O–H groups in total. The number of hydrogen-bond donors (Lipinski definition) is 0. The van der Waals surface area contributed by atoms with Gasteiger partial charge in [-0.25, -0.2) is 0 Å². The van der Waals surface area contributed by atoms with Crippen molar-refractivity contribution in [1.29, 1.82) is 0 Å². The molecule has 0 atom stereocenters. The number of rotatable bonds is 1. The maximum atomic E-state index is 12.3. The monoisotopic (exact) mass is 379 g/mol. The Bertz CT molecular complexity index is 446. The summed E-state index contributed by atoms with van der Waals surface area (Å²) in [6, 6.07) is 1.94. The van der Waals surface area contributed by atoms with Gasteiger partial charge in [0.05, 0.1) is 21.7 Å². The van der Waals surface area contributed by atoms with Crippen LogP contribution in [0.15, 0.2) is 11.4 Å². The van der Waals surface area contributed by atoms with Crippen molar-refractivity contribution in [3.8, 4) is 0 Å². The van der Waals surface area contributed by atoms with E-state index in [-0.39, 0.29) is 5.91 Å². The van der Waals surface area contributed by atoms with Gasteiger partial charge in [0.25, 0.3) is 5.91 Å². The molecular formula is C12H14INO3S. The standard InChI is InChI=1S/C12H14INO3S/c13-10-7-9(8-18-10)11(15)14-3-1-12(2-4-14)16-5-6-17-12/h7-8H,1-6H2. The van der Waals surface area contributed by atoms with Gasteiger partial charge >= 0.3 is 0 Å². The van der Waals surface area contributed by atoms with Crippen molar-refractivity contribution in [2.24, 2.45) is 0 Å². The van der Waals surface area contributed by atoms with Crippen LogP contribution in [0.2, 0.25) is 0 Å². The minimum Gasteiger partial charge on any atom is -0.347 e. The van der Waals surface area contributed by atoms with Crippen molar-refractivity contribution in [1.82, 2.24) is 4.90 Å². The van der Waals surface area contributed by atoms with E-state index in [1.807, 2.05) is 16.3 Å². The second-order valence-corrected chi connectivity index (χ2v) is 7.34. The van der Waals surface area contributed by atoms with Gasteiger partial charge < -0.3 is 14.4 Å². The van der Waals surface area contributed by atoms with Gasteiger partial charge in [-0.1, -0.05) is 0 Å². The van der Waals surface area contributed by atoms with Crippen LogP contribution in [0.1, 0.15) is 23.2 Å². The number of ether oxygens (including phenoxy) is 2. The third-order valence-electron chi connectivity index (χ3n) is 3.44. The van der Waals surface area contributed by atoms with E-state index >= 15 is 0 Å². The number of carbonyl (C=O) groups is 1. The van der Waals surface area contributed by atoms with Gasteiger partial charge in [-0.05, 0) is 28.7 Å². The fourth-order valence-electron chi connectivity index (χ4n) is 2.44. The van der Waals surface area contributed by atoms with Crippen LogP contribution >= 0.6 is 33.9 Å². The maximum Gasteiger partial charge on any atom is 0.254 e. The van der Waals surface area contributed by atoms with Gasteiger partial charge in [-0.15, -0.1) is 11.3 Å². The van der Waals surface area contributed by atoms with Crippen molar-refractivity contribution >= 4 is 39.8 Å². The lowest BCUT2D eigenvalue weighted by Gasteiger charge is -2.37. The summed E-state index contributed by atoms with van der Waals surface area (Å²) >= 11 is 3.84. The summed E-state index contributed by atoms with van der Waals surface area (Å²) < 4.78 is 12.5. The molecular weight excluding hydrogens is 365 g/mol. The Hall–Kier alpha value is -0.180. The Labute approximate surface area is 123 Å². The quantitative estimate of drug-likeness (QED) is 0.704. The number of nitrogens with zero attached hydrogens (tertiary/aromatic N) is 1. The Kier molecular flexibility index (Phi) is 3.61. The lowest BCUT2D eigenvalue weighted by atomic mass is 10.0. The largest absolute Gasteiger partial charge is 0.347 e. The van der Waals surface area contributed by atoms with E-state index < -0.39 is 5.79 Å². The summed E-state index contributed by atoms with van der Waals surface area (Å²) in [6.45, 7) is 2.78. The fourth-order valence-corrected chi connectivity index (χ4v) is 3.76. The third-order valence-corrected chi connectivity index (χ3v) is 5.23. The zero-order chi connectivity index (χ0) is 12.6. The first kappa shape index (κ1) is 12.8. The molecule has 1 aromatic heterocycles. The van der Waals surface area contributed by atoms with E-state index in [0.717, 1.165) is 21.3 Å². The summed E-state index contributed by atoms with van der Waals surface area (Å²) in [5.41, 5.74) is 0.800. The average Bonchev–Trinajstić information content (AvgIpc) is 3.00. The molecule has 2 aliphatic heterocycles.